The number of ketones is 1. The second-order valence-electron chi connectivity index (χ2n) is 13.1. The van der Waals surface area contributed by atoms with Gasteiger partial charge in [-0.25, -0.2) is 0 Å². The summed E-state index contributed by atoms with van der Waals surface area (Å²) in [5.74, 6) is 2.08. The summed E-state index contributed by atoms with van der Waals surface area (Å²) >= 11 is 0. The molecule has 6 atom stereocenters. The second kappa shape index (κ2) is 6.54. The molecule has 1 spiro atoms. The molecule has 4 aliphatic rings. The molecule has 0 aromatic heterocycles. The number of allylic oxidation sites excluding steroid dienone is 1. The Bertz CT molecular complexity index is 719. The highest BCUT2D eigenvalue weighted by molar-refractivity contribution is 6.74. The van der Waals surface area contributed by atoms with E-state index in [1.165, 1.54) is 37.7 Å². The lowest BCUT2D eigenvalue weighted by Gasteiger charge is -2.73. The molecule has 29 heavy (non-hydrogen) atoms. The molecule has 0 aromatic carbocycles. The van der Waals surface area contributed by atoms with E-state index in [4.69, 9.17) is 4.43 Å². The zero-order chi connectivity index (χ0) is 21.5. The summed E-state index contributed by atoms with van der Waals surface area (Å²) < 4.78 is 6.84. The van der Waals surface area contributed by atoms with Gasteiger partial charge < -0.3 is 4.43 Å². The number of fused-ring (bicyclic) bond motifs is 1. The van der Waals surface area contributed by atoms with Gasteiger partial charge in [0.2, 0.25) is 0 Å². The minimum absolute atomic E-state index is 0.165. The van der Waals surface area contributed by atoms with Crippen LogP contribution in [0.4, 0.5) is 0 Å². The fraction of sp³-hybridized carbons (Fsp3) is 0.885. The van der Waals surface area contributed by atoms with Gasteiger partial charge in [-0.3, -0.25) is 4.79 Å². The largest absolute Gasteiger partial charge is 0.416 e. The molecule has 3 heteroatoms. The first kappa shape index (κ1) is 21.8. The molecular weight excluding hydrogens is 372 g/mol. The first-order valence-corrected chi connectivity index (χ1v) is 15.0. The molecule has 0 aliphatic heterocycles. The van der Waals surface area contributed by atoms with E-state index >= 15 is 0 Å². The van der Waals surface area contributed by atoms with Crippen LogP contribution in [0.5, 0.6) is 0 Å². The normalized spacial score (nSPS) is 45.1. The van der Waals surface area contributed by atoms with Gasteiger partial charge in [0.15, 0.2) is 8.32 Å². The van der Waals surface area contributed by atoms with Crippen LogP contribution in [0.1, 0.15) is 86.0 Å². The predicted octanol–water partition coefficient (Wildman–Crippen LogP) is 7.16. The molecule has 0 saturated heterocycles. The highest BCUT2D eigenvalue weighted by Crippen LogP contribution is 2.77. The SMILES string of the molecule is C=C1C[C@@]23[C@H](CCC(=O)[C@@H]12)CC[C@H]1[C@@](C)(CO[Si](C)(C)C(C)(C)C)CCC[C@@]13C. The molecule has 0 bridgehead atoms. The first-order valence-electron chi connectivity index (χ1n) is 12.1. The maximum Gasteiger partial charge on any atom is 0.192 e. The zero-order valence-corrected chi connectivity index (χ0v) is 21.1. The Morgan fingerprint density at radius 3 is 2.45 bits per heavy atom. The van der Waals surface area contributed by atoms with Crippen molar-refractivity contribution < 1.29 is 9.22 Å². The Balaban J connectivity index is 1.65. The van der Waals surface area contributed by atoms with Crippen molar-refractivity contribution in [3.05, 3.63) is 12.2 Å². The van der Waals surface area contributed by atoms with Gasteiger partial charge in [0.1, 0.15) is 5.78 Å². The Morgan fingerprint density at radius 2 is 1.83 bits per heavy atom. The van der Waals surface area contributed by atoms with Gasteiger partial charge in [-0.15, -0.1) is 0 Å². The maximum absolute atomic E-state index is 13.0. The molecule has 0 radical (unpaired) electrons. The van der Waals surface area contributed by atoms with Gasteiger partial charge in [-0.1, -0.05) is 53.2 Å². The first-order chi connectivity index (χ1) is 13.3. The molecule has 0 amide bonds. The standard InChI is InChI=1S/C26H44O2Si/c1-18-16-26-19(10-12-20(27)22(18)26)11-13-21-24(5,14-9-15-25(21,26)6)17-28-29(7,8)23(2,3)4/h19,21-22H,1,9-17H2,2-8H3/t19-,21+,22-,24-,25+,26-/m1/s1. The lowest BCUT2D eigenvalue weighted by atomic mass is 9.30. The van der Waals surface area contributed by atoms with E-state index in [9.17, 15) is 4.79 Å². The Morgan fingerprint density at radius 1 is 1.14 bits per heavy atom. The number of Topliss-reactive ketones (excluding diaryl/α,β-unsaturated/α-hetero) is 1. The van der Waals surface area contributed by atoms with Crippen LogP contribution < -0.4 is 0 Å². The van der Waals surface area contributed by atoms with Crippen LogP contribution in [-0.4, -0.2) is 20.7 Å². The van der Waals surface area contributed by atoms with E-state index < -0.39 is 8.32 Å². The summed E-state index contributed by atoms with van der Waals surface area (Å²) in [5, 5.41) is 0.254. The van der Waals surface area contributed by atoms with E-state index in [0.717, 1.165) is 31.8 Å². The third-order valence-corrected chi connectivity index (χ3v) is 15.2. The minimum atomic E-state index is -1.76. The minimum Gasteiger partial charge on any atom is -0.416 e. The van der Waals surface area contributed by atoms with Crippen LogP contribution >= 0.6 is 0 Å². The molecular formula is C26H44O2Si. The summed E-state index contributed by atoms with van der Waals surface area (Å²) in [6.07, 6.45) is 9.53. The summed E-state index contributed by atoms with van der Waals surface area (Å²) in [6.45, 7) is 22.1. The second-order valence-corrected chi connectivity index (χ2v) is 17.9. The molecule has 0 N–H and O–H groups in total. The van der Waals surface area contributed by atoms with E-state index in [0.29, 0.717) is 11.7 Å². The lowest BCUT2D eigenvalue weighted by Crippen LogP contribution is -2.69. The van der Waals surface area contributed by atoms with E-state index in [2.05, 4.69) is 54.3 Å². The Kier molecular flexibility index (Phi) is 4.92. The van der Waals surface area contributed by atoms with Gasteiger partial charge in [-0.2, -0.15) is 0 Å². The highest BCUT2D eigenvalue weighted by Gasteiger charge is 2.72. The van der Waals surface area contributed by atoms with Crippen molar-refractivity contribution in [2.75, 3.05) is 6.61 Å². The topological polar surface area (TPSA) is 26.3 Å². The number of carbonyl (C=O) groups is 1. The van der Waals surface area contributed by atoms with Crippen LogP contribution in [0.3, 0.4) is 0 Å². The molecule has 164 valence electrons. The quantitative estimate of drug-likeness (QED) is 0.360. The van der Waals surface area contributed by atoms with Crippen molar-refractivity contribution in [1.82, 2.24) is 0 Å². The number of hydrogen-bond acceptors (Lipinski definition) is 2. The Hall–Kier alpha value is -0.413. The average molecular weight is 417 g/mol. The monoisotopic (exact) mass is 416 g/mol. The van der Waals surface area contributed by atoms with Crippen LogP contribution in [0.25, 0.3) is 0 Å². The smallest absolute Gasteiger partial charge is 0.192 e. The van der Waals surface area contributed by atoms with E-state index in [1.807, 2.05) is 0 Å². The fourth-order valence-corrected chi connectivity index (χ4v) is 9.25. The Labute approximate surface area is 180 Å². The molecule has 0 aromatic rings. The molecule has 4 fully saturated rings. The van der Waals surface area contributed by atoms with Crippen LogP contribution in [0.15, 0.2) is 12.2 Å². The van der Waals surface area contributed by atoms with Crippen molar-refractivity contribution in [1.29, 1.82) is 0 Å². The average Bonchev–Trinajstić information content (AvgIpc) is 2.58. The molecule has 4 aliphatic carbocycles. The summed E-state index contributed by atoms with van der Waals surface area (Å²) in [6, 6.07) is 0. The zero-order valence-electron chi connectivity index (χ0n) is 20.1. The molecule has 4 saturated carbocycles. The summed E-state index contributed by atoms with van der Waals surface area (Å²) in [5.41, 5.74) is 1.96. The fourth-order valence-electron chi connectivity index (χ4n) is 8.13. The van der Waals surface area contributed by atoms with Gasteiger partial charge in [0.05, 0.1) is 0 Å². The maximum atomic E-state index is 13.0. The van der Waals surface area contributed by atoms with Crippen molar-refractivity contribution in [2.24, 2.45) is 34.0 Å². The summed E-state index contributed by atoms with van der Waals surface area (Å²) in [7, 11) is -1.76. The molecule has 4 rings (SSSR count). The van der Waals surface area contributed by atoms with Crippen LogP contribution in [0, 0.1) is 34.0 Å². The van der Waals surface area contributed by atoms with Gasteiger partial charge in [-0.05, 0) is 84.7 Å². The third kappa shape index (κ3) is 2.85. The van der Waals surface area contributed by atoms with Crippen molar-refractivity contribution >= 4 is 14.1 Å². The number of hydrogen-bond donors (Lipinski definition) is 0. The van der Waals surface area contributed by atoms with Crippen LogP contribution in [0.2, 0.25) is 18.1 Å². The third-order valence-electron chi connectivity index (χ3n) is 10.7. The highest BCUT2D eigenvalue weighted by atomic mass is 28.4. The van der Waals surface area contributed by atoms with E-state index in [1.54, 1.807) is 0 Å². The van der Waals surface area contributed by atoms with Gasteiger partial charge in [0, 0.05) is 18.9 Å². The van der Waals surface area contributed by atoms with E-state index in [-0.39, 0.29) is 27.2 Å². The lowest BCUT2D eigenvalue weighted by molar-refractivity contribution is -0.222. The number of rotatable bonds is 3. The van der Waals surface area contributed by atoms with Gasteiger partial charge in [0.25, 0.3) is 0 Å². The predicted molar refractivity (Wildman–Crippen MR) is 123 cm³/mol. The van der Waals surface area contributed by atoms with Gasteiger partial charge >= 0.3 is 0 Å². The van der Waals surface area contributed by atoms with Crippen molar-refractivity contribution in [2.45, 2.75) is 104 Å². The van der Waals surface area contributed by atoms with Crippen LogP contribution in [-0.2, 0) is 9.22 Å². The van der Waals surface area contributed by atoms with Crippen molar-refractivity contribution in [3.63, 3.8) is 0 Å². The summed E-state index contributed by atoms with van der Waals surface area (Å²) in [4.78, 5) is 13.0. The molecule has 2 nitrogen and oxygen atoms in total. The molecule has 0 heterocycles. The number of carbonyl (C=O) groups excluding carboxylic acids is 1. The molecule has 0 unspecified atom stereocenters. The van der Waals surface area contributed by atoms with Crippen molar-refractivity contribution in [3.8, 4) is 0 Å².